The van der Waals surface area contributed by atoms with E-state index < -0.39 is 0 Å². The van der Waals surface area contributed by atoms with E-state index in [1.165, 1.54) is 0 Å². The average molecular weight is 307 g/mol. The molecule has 0 radical (unpaired) electrons. The minimum Gasteiger partial charge on any atom is -0.493 e. The molecule has 1 aliphatic rings. The molecule has 0 aliphatic carbocycles. The first-order chi connectivity index (χ1) is 10.1. The van der Waals surface area contributed by atoms with Crippen LogP contribution in [0.1, 0.15) is 12.0 Å². The van der Waals surface area contributed by atoms with Crippen LogP contribution in [0.3, 0.4) is 0 Å². The molecule has 1 aromatic rings. The van der Waals surface area contributed by atoms with E-state index in [2.05, 4.69) is 0 Å². The highest BCUT2D eigenvalue weighted by atomic mass is 32.1. The summed E-state index contributed by atoms with van der Waals surface area (Å²) in [6.45, 7) is 5.16. The number of nitrogens with two attached hydrogens (primary N) is 1. The summed E-state index contributed by atoms with van der Waals surface area (Å²) in [6, 6.07) is 7.82. The molecule has 1 heterocycles. The van der Waals surface area contributed by atoms with Gasteiger partial charge in [-0.3, -0.25) is 4.79 Å². The molecule has 21 heavy (non-hydrogen) atoms. The third kappa shape index (κ3) is 4.60. The third-order valence-electron chi connectivity index (χ3n) is 3.52. The van der Waals surface area contributed by atoms with E-state index in [1.54, 1.807) is 0 Å². The molecule has 1 fully saturated rings. The fourth-order valence-electron chi connectivity index (χ4n) is 2.30. The Bertz CT molecular complexity index is 513. The van der Waals surface area contributed by atoms with Gasteiger partial charge in [0.2, 0.25) is 5.91 Å². The SMILES string of the molecule is Cc1cccc(OCCC(=O)N2CCN(C(N)=S)CC2)c1. The fourth-order valence-corrected chi connectivity index (χ4v) is 2.48. The first kappa shape index (κ1) is 15.6. The summed E-state index contributed by atoms with van der Waals surface area (Å²) in [7, 11) is 0. The van der Waals surface area contributed by atoms with Gasteiger partial charge in [-0.05, 0) is 36.8 Å². The summed E-state index contributed by atoms with van der Waals surface area (Å²) < 4.78 is 5.61. The number of hydrogen-bond acceptors (Lipinski definition) is 3. The number of carbonyl (C=O) groups excluding carboxylic acids is 1. The summed E-state index contributed by atoms with van der Waals surface area (Å²) >= 11 is 4.93. The zero-order valence-electron chi connectivity index (χ0n) is 12.2. The highest BCUT2D eigenvalue weighted by Crippen LogP contribution is 2.13. The molecule has 1 amide bonds. The Balaban J connectivity index is 1.72. The number of hydrogen-bond donors (Lipinski definition) is 1. The molecule has 1 aliphatic heterocycles. The number of piperazine rings is 1. The van der Waals surface area contributed by atoms with Gasteiger partial charge in [-0.25, -0.2) is 0 Å². The summed E-state index contributed by atoms with van der Waals surface area (Å²) in [5, 5.41) is 0.407. The van der Waals surface area contributed by atoms with Gasteiger partial charge < -0.3 is 20.3 Å². The normalized spacial score (nSPS) is 14.9. The maximum atomic E-state index is 12.1. The highest BCUT2D eigenvalue weighted by Gasteiger charge is 2.21. The van der Waals surface area contributed by atoms with Crippen LogP contribution in [0.15, 0.2) is 24.3 Å². The van der Waals surface area contributed by atoms with Gasteiger partial charge in [-0.2, -0.15) is 0 Å². The van der Waals surface area contributed by atoms with Gasteiger partial charge in [0, 0.05) is 26.2 Å². The second-order valence-electron chi connectivity index (χ2n) is 5.12. The van der Waals surface area contributed by atoms with Crippen LogP contribution in [0, 0.1) is 6.92 Å². The first-order valence-corrected chi connectivity index (χ1v) is 7.49. The van der Waals surface area contributed by atoms with Gasteiger partial charge in [0.25, 0.3) is 0 Å². The number of rotatable bonds is 4. The molecule has 1 aromatic carbocycles. The summed E-state index contributed by atoms with van der Waals surface area (Å²) in [5.41, 5.74) is 6.73. The predicted octanol–water partition coefficient (Wildman–Crippen LogP) is 1.15. The van der Waals surface area contributed by atoms with Crippen molar-refractivity contribution in [1.29, 1.82) is 0 Å². The van der Waals surface area contributed by atoms with Crippen molar-refractivity contribution >= 4 is 23.2 Å². The van der Waals surface area contributed by atoms with Gasteiger partial charge in [-0.1, -0.05) is 12.1 Å². The molecule has 2 rings (SSSR count). The van der Waals surface area contributed by atoms with E-state index in [-0.39, 0.29) is 5.91 Å². The number of thiocarbonyl (C=S) groups is 1. The Morgan fingerprint density at radius 2 is 1.95 bits per heavy atom. The Morgan fingerprint density at radius 1 is 1.29 bits per heavy atom. The van der Waals surface area contributed by atoms with E-state index in [4.69, 9.17) is 22.7 Å². The minimum atomic E-state index is 0.116. The van der Waals surface area contributed by atoms with Gasteiger partial charge >= 0.3 is 0 Å². The van der Waals surface area contributed by atoms with E-state index in [9.17, 15) is 4.79 Å². The highest BCUT2D eigenvalue weighted by molar-refractivity contribution is 7.80. The zero-order chi connectivity index (χ0) is 15.2. The number of carbonyl (C=O) groups is 1. The standard InChI is InChI=1S/C15H21N3O2S/c1-12-3-2-4-13(11-12)20-10-5-14(19)17-6-8-18(9-7-17)15(16)21/h2-4,11H,5-10H2,1H3,(H2,16,21). The van der Waals surface area contributed by atoms with E-state index in [0.717, 1.165) is 11.3 Å². The molecule has 2 N–H and O–H groups in total. The number of nitrogens with zero attached hydrogens (tertiary/aromatic N) is 2. The Labute approximate surface area is 130 Å². The molecular formula is C15H21N3O2S. The zero-order valence-corrected chi connectivity index (χ0v) is 13.1. The van der Waals surface area contributed by atoms with Gasteiger partial charge in [0.1, 0.15) is 5.75 Å². The molecule has 114 valence electrons. The Hall–Kier alpha value is -1.82. The first-order valence-electron chi connectivity index (χ1n) is 7.08. The van der Waals surface area contributed by atoms with E-state index >= 15 is 0 Å². The van der Waals surface area contributed by atoms with Crippen LogP contribution in [0.25, 0.3) is 0 Å². The van der Waals surface area contributed by atoms with E-state index in [0.29, 0.717) is 44.3 Å². The van der Waals surface area contributed by atoms with Crippen molar-refractivity contribution in [1.82, 2.24) is 9.80 Å². The van der Waals surface area contributed by atoms with Crippen LogP contribution >= 0.6 is 12.2 Å². The number of aryl methyl sites for hydroxylation is 1. The van der Waals surface area contributed by atoms with Crippen molar-refractivity contribution in [3.8, 4) is 5.75 Å². The lowest BCUT2D eigenvalue weighted by Gasteiger charge is -2.35. The quantitative estimate of drug-likeness (QED) is 0.846. The summed E-state index contributed by atoms with van der Waals surface area (Å²) in [6.07, 6.45) is 0.390. The van der Waals surface area contributed by atoms with Gasteiger partial charge in [-0.15, -0.1) is 0 Å². The molecule has 6 heteroatoms. The Morgan fingerprint density at radius 3 is 2.57 bits per heavy atom. The molecule has 0 bridgehead atoms. The van der Waals surface area contributed by atoms with Crippen LogP contribution in [-0.2, 0) is 4.79 Å². The lowest BCUT2D eigenvalue weighted by molar-refractivity contribution is -0.132. The number of ether oxygens (including phenoxy) is 1. The van der Waals surface area contributed by atoms with Gasteiger partial charge in [0.15, 0.2) is 5.11 Å². The molecule has 5 nitrogen and oxygen atoms in total. The second kappa shape index (κ2) is 7.26. The molecular weight excluding hydrogens is 286 g/mol. The van der Waals surface area contributed by atoms with Crippen molar-refractivity contribution in [3.05, 3.63) is 29.8 Å². The molecule has 0 atom stereocenters. The maximum absolute atomic E-state index is 12.1. The van der Waals surface area contributed by atoms with Crippen molar-refractivity contribution in [2.24, 2.45) is 5.73 Å². The Kier molecular flexibility index (Phi) is 5.38. The smallest absolute Gasteiger partial charge is 0.226 e. The van der Waals surface area contributed by atoms with Gasteiger partial charge in [0.05, 0.1) is 13.0 Å². The molecule has 0 spiro atoms. The lowest BCUT2D eigenvalue weighted by Crippen LogP contribution is -2.52. The van der Waals surface area contributed by atoms with Crippen LogP contribution in [0.5, 0.6) is 5.75 Å². The van der Waals surface area contributed by atoms with Crippen molar-refractivity contribution in [2.45, 2.75) is 13.3 Å². The summed E-state index contributed by atoms with van der Waals surface area (Å²) in [4.78, 5) is 15.9. The third-order valence-corrected chi connectivity index (χ3v) is 3.78. The van der Waals surface area contributed by atoms with Crippen molar-refractivity contribution in [3.63, 3.8) is 0 Å². The fraction of sp³-hybridized carbons (Fsp3) is 0.467. The molecule has 1 saturated heterocycles. The van der Waals surface area contributed by atoms with Crippen molar-refractivity contribution in [2.75, 3.05) is 32.8 Å². The van der Waals surface area contributed by atoms with Crippen molar-refractivity contribution < 1.29 is 9.53 Å². The lowest BCUT2D eigenvalue weighted by atomic mass is 10.2. The van der Waals surface area contributed by atoms with Crippen LogP contribution in [0.2, 0.25) is 0 Å². The second-order valence-corrected chi connectivity index (χ2v) is 5.54. The molecule has 0 aromatic heterocycles. The van der Waals surface area contributed by atoms with Crippen LogP contribution < -0.4 is 10.5 Å². The van der Waals surface area contributed by atoms with E-state index in [1.807, 2.05) is 41.0 Å². The van der Waals surface area contributed by atoms with Crippen LogP contribution in [-0.4, -0.2) is 53.6 Å². The van der Waals surface area contributed by atoms with Crippen LogP contribution in [0.4, 0.5) is 0 Å². The predicted molar refractivity (Wildman–Crippen MR) is 86.2 cm³/mol. The minimum absolute atomic E-state index is 0.116. The number of amides is 1. The molecule has 0 unspecified atom stereocenters. The average Bonchev–Trinajstić information content (AvgIpc) is 2.47. The maximum Gasteiger partial charge on any atom is 0.226 e. The number of benzene rings is 1. The largest absolute Gasteiger partial charge is 0.493 e. The summed E-state index contributed by atoms with van der Waals surface area (Å²) in [5.74, 6) is 0.923. The monoisotopic (exact) mass is 307 g/mol. The topological polar surface area (TPSA) is 58.8 Å². The molecule has 0 saturated carbocycles.